The topological polar surface area (TPSA) is 50.7 Å². The summed E-state index contributed by atoms with van der Waals surface area (Å²) in [5.41, 5.74) is -1.15. The first-order chi connectivity index (χ1) is 13.8. The van der Waals surface area contributed by atoms with Crippen molar-refractivity contribution in [2.24, 2.45) is 10.9 Å². The summed E-state index contributed by atoms with van der Waals surface area (Å²) in [6.07, 6.45) is -6.65. The summed E-state index contributed by atoms with van der Waals surface area (Å²) in [7, 11) is 0. The monoisotopic (exact) mass is 424 g/mol. The molecule has 1 fully saturated rings. The molecule has 29 heavy (non-hydrogen) atoms. The van der Waals surface area contributed by atoms with E-state index in [0.717, 1.165) is 11.8 Å². The van der Waals surface area contributed by atoms with Gasteiger partial charge in [-0.05, 0) is 18.2 Å². The normalized spacial score (nSPS) is 26.6. The highest BCUT2D eigenvalue weighted by atomic mass is 32.2. The highest BCUT2D eigenvalue weighted by Crippen LogP contribution is 2.51. The number of benzene rings is 2. The smallest absolute Gasteiger partial charge is 0.365 e. The lowest BCUT2D eigenvalue weighted by molar-refractivity contribution is -0.215. The summed E-state index contributed by atoms with van der Waals surface area (Å²) in [5.74, 6) is -2.23. The Kier molecular flexibility index (Phi) is 5.12. The quantitative estimate of drug-likeness (QED) is 0.738. The first-order valence-corrected chi connectivity index (χ1v) is 9.82. The van der Waals surface area contributed by atoms with Crippen molar-refractivity contribution >= 4 is 22.8 Å². The molecule has 2 heterocycles. The van der Waals surface area contributed by atoms with Crippen molar-refractivity contribution in [3.05, 3.63) is 71.5 Å². The molecule has 9 heteroatoms. The number of alkyl halides is 3. The maximum absolute atomic E-state index is 14.6. The third-order valence-corrected chi connectivity index (χ3v) is 6.07. The summed E-state index contributed by atoms with van der Waals surface area (Å²) >= 11 is 0.997. The second-order valence-electron chi connectivity index (χ2n) is 6.83. The van der Waals surface area contributed by atoms with E-state index in [4.69, 9.17) is 4.74 Å². The Balaban J connectivity index is 1.73. The van der Waals surface area contributed by atoms with Crippen molar-refractivity contribution in [2.45, 2.75) is 17.8 Å². The Hall–Kier alpha value is -2.39. The molecule has 0 aliphatic carbocycles. The number of amidine groups is 1. The minimum atomic E-state index is -4.60. The van der Waals surface area contributed by atoms with Crippen LogP contribution in [0.3, 0.4) is 0 Å². The van der Waals surface area contributed by atoms with Crippen LogP contribution < -0.4 is 5.32 Å². The Morgan fingerprint density at radius 2 is 1.83 bits per heavy atom. The van der Waals surface area contributed by atoms with Crippen LogP contribution in [-0.2, 0) is 10.3 Å². The molecule has 1 unspecified atom stereocenters. The molecule has 0 spiro atoms. The summed E-state index contributed by atoms with van der Waals surface area (Å²) in [6.45, 7) is -0.423. The Labute approximate surface area is 168 Å². The summed E-state index contributed by atoms with van der Waals surface area (Å²) in [6, 6.07) is 14.0. The van der Waals surface area contributed by atoms with Gasteiger partial charge in [0, 0.05) is 22.8 Å². The first-order valence-electron chi connectivity index (χ1n) is 8.83. The number of ether oxygens (including phenoxy) is 1. The lowest BCUT2D eigenvalue weighted by Crippen LogP contribution is -2.47. The lowest BCUT2D eigenvalue weighted by atomic mass is 9.78. The summed E-state index contributed by atoms with van der Waals surface area (Å²) < 4.78 is 60.2. The van der Waals surface area contributed by atoms with Crippen LogP contribution in [0.5, 0.6) is 0 Å². The number of rotatable bonds is 2. The molecule has 0 aromatic heterocycles. The second-order valence-corrected chi connectivity index (χ2v) is 7.84. The van der Waals surface area contributed by atoms with Gasteiger partial charge in [-0.2, -0.15) is 13.2 Å². The van der Waals surface area contributed by atoms with Crippen LogP contribution >= 0.6 is 11.8 Å². The fraction of sp³-hybridized carbons (Fsp3) is 0.300. The number of halogens is 4. The molecule has 0 bridgehead atoms. The fourth-order valence-corrected chi connectivity index (χ4v) is 4.89. The van der Waals surface area contributed by atoms with Crippen LogP contribution in [0, 0.1) is 11.7 Å². The SMILES string of the molecule is O=C(NC1=NC2(c3ccccc3F)CO[C@H](C(F)(F)F)[C@H]2CS1)c1ccccc1. The number of aliphatic imine (C=N–C) groups is 1. The predicted molar refractivity (Wildman–Crippen MR) is 101 cm³/mol. The molecule has 2 aliphatic rings. The van der Waals surface area contributed by atoms with Crippen molar-refractivity contribution in [3.8, 4) is 0 Å². The van der Waals surface area contributed by atoms with Crippen LogP contribution in [0.15, 0.2) is 59.6 Å². The minimum absolute atomic E-state index is 0.0214. The number of carbonyl (C=O) groups is 1. The van der Waals surface area contributed by atoms with Gasteiger partial charge >= 0.3 is 6.18 Å². The zero-order valence-corrected chi connectivity index (χ0v) is 15.8. The molecule has 3 atom stereocenters. The molecule has 0 saturated carbocycles. The average molecular weight is 424 g/mol. The number of nitrogens with zero attached hydrogens (tertiary/aromatic N) is 1. The van der Waals surface area contributed by atoms with Crippen LogP contribution in [0.4, 0.5) is 17.6 Å². The van der Waals surface area contributed by atoms with Gasteiger partial charge in [-0.1, -0.05) is 48.2 Å². The van der Waals surface area contributed by atoms with Gasteiger partial charge in [-0.25, -0.2) is 9.38 Å². The molecule has 4 nitrogen and oxygen atoms in total. The van der Waals surface area contributed by atoms with E-state index in [1.165, 1.54) is 18.2 Å². The first kappa shape index (κ1) is 19.9. The molecule has 4 rings (SSSR count). The van der Waals surface area contributed by atoms with Crippen molar-refractivity contribution in [3.63, 3.8) is 0 Å². The largest absolute Gasteiger partial charge is 0.415 e. The van der Waals surface area contributed by atoms with Gasteiger partial charge in [0.05, 0.1) is 6.61 Å². The third kappa shape index (κ3) is 3.64. The standard InChI is InChI=1S/C20H16F4N2O2S/c21-15-9-5-4-8-13(15)19-11-28-16(20(22,23)24)14(19)10-29-18(26-19)25-17(27)12-6-2-1-3-7-12/h1-9,14,16H,10-11H2,(H,25,26,27)/t14-,16+,19?/m1/s1. The number of thioether (sulfide) groups is 1. The third-order valence-electron chi connectivity index (χ3n) is 5.08. The van der Waals surface area contributed by atoms with Gasteiger partial charge < -0.3 is 10.1 Å². The van der Waals surface area contributed by atoms with Gasteiger partial charge in [-0.3, -0.25) is 4.79 Å². The van der Waals surface area contributed by atoms with Crippen molar-refractivity contribution < 1.29 is 27.1 Å². The zero-order valence-electron chi connectivity index (χ0n) is 14.9. The Morgan fingerprint density at radius 1 is 1.14 bits per heavy atom. The van der Waals surface area contributed by atoms with Crippen LogP contribution in [0.25, 0.3) is 0 Å². The maximum atomic E-state index is 14.6. The van der Waals surface area contributed by atoms with E-state index in [1.54, 1.807) is 36.4 Å². The molecule has 2 aromatic carbocycles. The molecule has 1 amide bonds. The highest BCUT2D eigenvalue weighted by Gasteiger charge is 2.62. The molecular weight excluding hydrogens is 408 g/mol. The van der Waals surface area contributed by atoms with E-state index >= 15 is 0 Å². The molecule has 1 N–H and O–H groups in total. The summed E-state index contributed by atoms with van der Waals surface area (Å²) in [5, 5.41) is 2.77. The Bertz CT molecular complexity index is 951. The van der Waals surface area contributed by atoms with Gasteiger partial charge in [0.25, 0.3) is 5.91 Å². The second kappa shape index (κ2) is 7.46. The maximum Gasteiger partial charge on any atom is 0.415 e. The van der Waals surface area contributed by atoms with Crippen LogP contribution in [-0.4, -0.2) is 35.7 Å². The zero-order chi connectivity index (χ0) is 20.6. The van der Waals surface area contributed by atoms with E-state index in [0.29, 0.717) is 5.56 Å². The molecule has 152 valence electrons. The average Bonchev–Trinajstić information content (AvgIpc) is 3.09. The molecule has 2 aliphatic heterocycles. The number of fused-ring (bicyclic) bond motifs is 1. The van der Waals surface area contributed by atoms with Crippen molar-refractivity contribution in [1.82, 2.24) is 5.32 Å². The van der Waals surface area contributed by atoms with E-state index < -0.39 is 42.1 Å². The number of carbonyl (C=O) groups excluding carboxylic acids is 1. The molecule has 2 aromatic rings. The van der Waals surface area contributed by atoms with E-state index in [9.17, 15) is 22.4 Å². The Morgan fingerprint density at radius 3 is 2.52 bits per heavy atom. The number of amides is 1. The summed E-state index contributed by atoms with van der Waals surface area (Å²) in [4.78, 5) is 16.9. The minimum Gasteiger partial charge on any atom is -0.365 e. The van der Waals surface area contributed by atoms with Crippen LogP contribution in [0.2, 0.25) is 0 Å². The molecular formula is C20H16F4N2O2S. The fourth-order valence-electron chi connectivity index (χ4n) is 3.71. The molecule has 1 saturated heterocycles. The van der Waals surface area contributed by atoms with Crippen molar-refractivity contribution in [1.29, 1.82) is 0 Å². The lowest BCUT2D eigenvalue weighted by Gasteiger charge is -2.36. The predicted octanol–water partition coefficient (Wildman–Crippen LogP) is 4.13. The number of hydrogen-bond acceptors (Lipinski definition) is 4. The van der Waals surface area contributed by atoms with Gasteiger partial charge in [0.2, 0.25) is 0 Å². The van der Waals surface area contributed by atoms with Gasteiger partial charge in [0.15, 0.2) is 11.3 Å². The highest BCUT2D eigenvalue weighted by molar-refractivity contribution is 8.13. The van der Waals surface area contributed by atoms with E-state index in [2.05, 4.69) is 10.3 Å². The molecule has 0 radical (unpaired) electrons. The van der Waals surface area contributed by atoms with Gasteiger partial charge in [-0.15, -0.1) is 0 Å². The van der Waals surface area contributed by atoms with E-state index in [1.807, 2.05) is 0 Å². The van der Waals surface area contributed by atoms with Crippen LogP contribution in [0.1, 0.15) is 15.9 Å². The van der Waals surface area contributed by atoms with Gasteiger partial charge in [0.1, 0.15) is 11.4 Å². The number of nitrogens with one attached hydrogen (secondary N) is 1. The van der Waals surface area contributed by atoms with Crippen molar-refractivity contribution in [2.75, 3.05) is 12.4 Å². The van der Waals surface area contributed by atoms with E-state index in [-0.39, 0.29) is 16.5 Å². The number of hydrogen-bond donors (Lipinski definition) is 1.